The molecule has 1 heterocycles. The zero-order valence-corrected chi connectivity index (χ0v) is 11.1. The summed E-state index contributed by atoms with van der Waals surface area (Å²) in [6, 6.07) is 4.05. The average Bonchev–Trinajstić information content (AvgIpc) is 2.62. The lowest BCUT2D eigenvalue weighted by Gasteiger charge is -2.12. The van der Waals surface area contributed by atoms with Gasteiger partial charge in [-0.2, -0.15) is 0 Å². The van der Waals surface area contributed by atoms with Crippen LogP contribution in [0.3, 0.4) is 0 Å². The Balaban J connectivity index is 2.49. The molecule has 0 fully saturated rings. The molecule has 0 radical (unpaired) electrons. The predicted octanol–water partition coefficient (Wildman–Crippen LogP) is 1.99. The van der Waals surface area contributed by atoms with E-state index in [9.17, 15) is 4.79 Å². The highest BCUT2D eigenvalue weighted by Gasteiger charge is 2.18. The molecular weight excluding hydrogens is 240 g/mol. The van der Waals surface area contributed by atoms with Crippen LogP contribution in [0.5, 0.6) is 0 Å². The Bertz CT molecular complexity index is 387. The Labute approximate surface area is 105 Å². The van der Waals surface area contributed by atoms with Crippen LogP contribution in [-0.2, 0) is 11.3 Å². The molecule has 0 aliphatic carbocycles. The van der Waals surface area contributed by atoms with Gasteiger partial charge < -0.3 is 11.1 Å². The van der Waals surface area contributed by atoms with Crippen LogP contribution in [0.15, 0.2) is 12.1 Å². The number of hydrogen-bond acceptors (Lipinski definition) is 3. The molecule has 1 atom stereocenters. The van der Waals surface area contributed by atoms with Gasteiger partial charge in [-0.05, 0) is 25.5 Å². The van der Waals surface area contributed by atoms with Gasteiger partial charge >= 0.3 is 0 Å². The summed E-state index contributed by atoms with van der Waals surface area (Å²) in [5, 5.41) is 2.85. The molecule has 0 bridgehead atoms. The molecule has 1 aromatic heterocycles. The normalized spacial score (nSPS) is 12.1. The van der Waals surface area contributed by atoms with E-state index in [1.807, 2.05) is 26.0 Å². The van der Waals surface area contributed by atoms with Crippen LogP contribution in [-0.4, -0.2) is 10.9 Å². The molecule has 0 aliphatic heterocycles. The molecule has 0 saturated carbocycles. The Morgan fingerprint density at radius 2 is 2.31 bits per heavy atom. The first-order chi connectivity index (χ1) is 7.54. The van der Waals surface area contributed by atoms with Gasteiger partial charge in [-0.15, -0.1) is 11.3 Å². The summed E-state index contributed by atoms with van der Waals surface area (Å²) >= 11 is 6.53. The zero-order valence-electron chi connectivity index (χ0n) is 9.45. The predicted molar refractivity (Wildman–Crippen MR) is 71.5 cm³/mol. The maximum atomic E-state index is 11.7. The number of amides is 1. The SMILES string of the molecule is CCC(C(=O)NCc1ccc(C)s1)C(N)=S. The molecule has 1 amide bonds. The molecule has 5 heteroatoms. The van der Waals surface area contributed by atoms with Gasteiger partial charge in [0.15, 0.2) is 0 Å². The minimum absolute atomic E-state index is 0.0824. The molecule has 1 unspecified atom stereocenters. The van der Waals surface area contributed by atoms with E-state index in [2.05, 4.69) is 5.32 Å². The van der Waals surface area contributed by atoms with Gasteiger partial charge in [0.1, 0.15) is 0 Å². The summed E-state index contributed by atoms with van der Waals surface area (Å²) in [5.74, 6) is -0.433. The van der Waals surface area contributed by atoms with Crippen LogP contribution < -0.4 is 11.1 Å². The highest BCUT2D eigenvalue weighted by atomic mass is 32.1. The van der Waals surface area contributed by atoms with E-state index >= 15 is 0 Å². The second-order valence-corrected chi connectivity index (χ2v) is 5.44. The van der Waals surface area contributed by atoms with Gasteiger partial charge in [0, 0.05) is 9.75 Å². The maximum Gasteiger partial charge on any atom is 0.230 e. The molecule has 1 aromatic rings. The fraction of sp³-hybridized carbons (Fsp3) is 0.455. The second-order valence-electron chi connectivity index (χ2n) is 3.59. The third-order valence-electron chi connectivity index (χ3n) is 2.30. The van der Waals surface area contributed by atoms with Crippen molar-refractivity contribution in [2.75, 3.05) is 0 Å². The third-order valence-corrected chi connectivity index (χ3v) is 3.59. The number of carbonyl (C=O) groups excluding carboxylic acids is 1. The molecule has 0 saturated heterocycles. The summed E-state index contributed by atoms with van der Waals surface area (Å²) in [7, 11) is 0. The van der Waals surface area contributed by atoms with E-state index in [1.54, 1.807) is 11.3 Å². The first-order valence-corrected chi connectivity index (χ1v) is 6.39. The second kappa shape index (κ2) is 5.96. The van der Waals surface area contributed by atoms with Crippen LogP contribution >= 0.6 is 23.6 Å². The van der Waals surface area contributed by atoms with Gasteiger partial charge in [0.25, 0.3) is 0 Å². The highest BCUT2D eigenvalue weighted by Crippen LogP contribution is 2.14. The zero-order chi connectivity index (χ0) is 12.1. The van der Waals surface area contributed by atoms with E-state index in [0.717, 1.165) is 4.88 Å². The van der Waals surface area contributed by atoms with Crippen LogP contribution in [0, 0.1) is 12.8 Å². The van der Waals surface area contributed by atoms with Gasteiger partial charge in [0.2, 0.25) is 5.91 Å². The largest absolute Gasteiger partial charge is 0.393 e. The lowest BCUT2D eigenvalue weighted by atomic mass is 10.1. The van der Waals surface area contributed by atoms with E-state index in [1.165, 1.54) is 4.88 Å². The molecule has 16 heavy (non-hydrogen) atoms. The van der Waals surface area contributed by atoms with Crippen LogP contribution in [0.25, 0.3) is 0 Å². The van der Waals surface area contributed by atoms with Crippen molar-refractivity contribution in [3.63, 3.8) is 0 Å². The number of rotatable bonds is 5. The van der Waals surface area contributed by atoms with Crippen molar-refractivity contribution in [1.82, 2.24) is 5.32 Å². The number of thiocarbonyl (C=S) groups is 1. The summed E-state index contributed by atoms with van der Waals surface area (Å²) in [5.41, 5.74) is 5.49. The molecular formula is C11H16N2OS2. The molecule has 0 aliphatic rings. The number of nitrogens with two attached hydrogens (primary N) is 1. The fourth-order valence-corrected chi connectivity index (χ4v) is 2.50. The van der Waals surface area contributed by atoms with E-state index in [-0.39, 0.29) is 16.8 Å². The van der Waals surface area contributed by atoms with Crippen molar-refractivity contribution in [3.8, 4) is 0 Å². The monoisotopic (exact) mass is 256 g/mol. The molecule has 88 valence electrons. The number of hydrogen-bond donors (Lipinski definition) is 2. The number of carbonyl (C=O) groups is 1. The lowest BCUT2D eigenvalue weighted by Crippen LogP contribution is -2.37. The van der Waals surface area contributed by atoms with Crippen LogP contribution in [0.4, 0.5) is 0 Å². The Morgan fingerprint density at radius 3 is 2.75 bits per heavy atom. The first kappa shape index (κ1) is 13.1. The summed E-state index contributed by atoms with van der Waals surface area (Å²) < 4.78 is 0. The smallest absolute Gasteiger partial charge is 0.230 e. The molecule has 3 nitrogen and oxygen atoms in total. The molecule has 3 N–H and O–H groups in total. The topological polar surface area (TPSA) is 55.1 Å². The number of aryl methyl sites for hydroxylation is 1. The van der Waals surface area contributed by atoms with Gasteiger partial charge in [-0.25, -0.2) is 0 Å². The first-order valence-electron chi connectivity index (χ1n) is 5.17. The summed E-state index contributed by atoms with van der Waals surface area (Å²) in [6.07, 6.45) is 0.643. The van der Waals surface area contributed by atoms with Crippen molar-refractivity contribution in [2.24, 2.45) is 11.7 Å². The van der Waals surface area contributed by atoms with Crippen LogP contribution in [0.1, 0.15) is 23.1 Å². The Morgan fingerprint density at radius 1 is 1.62 bits per heavy atom. The molecule has 0 spiro atoms. The van der Waals surface area contributed by atoms with E-state index in [0.29, 0.717) is 13.0 Å². The fourth-order valence-electron chi connectivity index (χ4n) is 1.39. The molecule has 1 rings (SSSR count). The van der Waals surface area contributed by atoms with Crippen molar-refractivity contribution < 1.29 is 4.79 Å². The van der Waals surface area contributed by atoms with Crippen LogP contribution in [0.2, 0.25) is 0 Å². The third kappa shape index (κ3) is 3.57. The minimum atomic E-state index is -0.351. The highest BCUT2D eigenvalue weighted by molar-refractivity contribution is 7.80. The van der Waals surface area contributed by atoms with E-state index < -0.39 is 0 Å². The average molecular weight is 256 g/mol. The van der Waals surface area contributed by atoms with Gasteiger partial charge in [0.05, 0.1) is 17.5 Å². The minimum Gasteiger partial charge on any atom is -0.393 e. The number of nitrogens with one attached hydrogen (secondary N) is 1. The lowest BCUT2D eigenvalue weighted by molar-refractivity contribution is -0.123. The standard InChI is InChI=1S/C11H16N2OS2/c1-3-9(10(12)15)11(14)13-6-8-5-4-7(2)16-8/h4-5,9H,3,6H2,1-2H3,(H2,12,15)(H,13,14). The van der Waals surface area contributed by atoms with Crippen molar-refractivity contribution in [1.29, 1.82) is 0 Å². The number of thiophene rings is 1. The molecule has 0 aromatic carbocycles. The summed E-state index contributed by atoms with van der Waals surface area (Å²) in [6.45, 7) is 4.50. The van der Waals surface area contributed by atoms with Crippen molar-refractivity contribution >= 4 is 34.5 Å². The maximum absolute atomic E-state index is 11.7. The van der Waals surface area contributed by atoms with Crippen molar-refractivity contribution in [2.45, 2.75) is 26.8 Å². The van der Waals surface area contributed by atoms with Crippen molar-refractivity contribution in [3.05, 3.63) is 21.9 Å². The van der Waals surface area contributed by atoms with E-state index in [4.69, 9.17) is 18.0 Å². The quantitative estimate of drug-likeness (QED) is 0.792. The van der Waals surface area contributed by atoms with Gasteiger partial charge in [-0.1, -0.05) is 19.1 Å². The van der Waals surface area contributed by atoms with Gasteiger partial charge in [-0.3, -0.25) is 4.79 Å². The summed E-state index contributed by atoms with van der Waals surface area (Å²) in [4.78, 5) is 14.4. The Hall–Kier alpha value is -0.940. The Kier molecular flexibility index (Phi) is 4.89.